The molecule has 1 fully saturated rings. The lowest BCUT2D eigenvalue weighted by Gasteiger charge is -2.48. The summed E-state index contributed by atoms with van der Waals surface area (Å²) in [6, 6.07) is 0. The summed E-state index contributed by atoms with van der Waals surface area (Å²) in [4.78, 5) is 19.7. The van der Waals surface area contributed by atoms with Crippen molar-refractivity contribution < 1.29 is 0 Å². The molecule has 0 amide bonds. The fraction of sp³-hybridized carbons (Fsp3) is 0.600. The lowest BCUT2D eigenvalue weighted by molar-refractivity contribution is 0.306. The summed E-state index contributed by atoms with van der Waals surface area (Å²) >= 11 is 5.88. The number of aromatic amines is 1. The quantitative estimate of drug-likeness (QED) is 0.820. The molecule has 0 atom stereocenters. The van der Waals surface area contributed by atoms with Crippen molar-refractivity contribution >= 4 is 17.4 Å². The maximum absolute atomic E-state index is 11.3. The third-order valence-corrected chi connectivity index (χ3v) is 3.18. The Balaban J connectivity index is 2.12. The third kappa shape index (κ3) is 1.92. The summed E-state index contributed by atoms with van der Waals surface area (Å²) in [6.45, 7) is 3.52. The molecule has 6 heteroatoms. The molecule has 0 radical (unpaired) electrons. The van der Waals surface area contributed by atoms with Crippen LogP contribution in [0.4, 0.5) is 5.82 Å². The van der Waals surface area contributed by atoms with Gasteiger partial charge in [0.25, 0.3) is 5.56 Å². The molecule has 0 bridgehead atoms. The number of H-pyrrole nitrogens is 1. The van der Waals surface area contributed by atoms with E-state index in [9.17, 15) is 4.79 Å². The molecule has 16 heavy (non-hydrogen) atoms. The van der Waals surface area contributed by atoms with Gasteiger partial charge in [-0.15, -0.1) is 0 Å². The zero-order valence-electron chi connectivity index (χ0n) is 9.16. The molecular formula is C10H15ClN4O. The number of nitrogens with one attached hydrogen (secondary N) is 1. The maximum atomic E-state index is 11.3. The van der Waals surface area contributed by atoms with Crippen molar-refractivity contribution in [2.24, 2.45) is 5.73 Å². The Bertz CT molecular complexity index is 439. The fourth-order valence-electron chi connectivity index (χ4n) is 2.11. The average molecular weight is 243 g/mol. The molecule has 1 aromatic rings. The van der Waals surface area contributed by atoms with E-state index < -0.39 is 0 Å². The first kappa shape index (κ1) is 11.4. The molecule has 0 aromatic carbocycles. The van der Waals surface area contributed by atoms with E-state index >= 15 is 0 Å². The van der Waals surface area contributed by atoms with Gasteiger partial charge in [-0.2, -0.15) is 0 Å². The van der Waals surface area contributed by atoms with Crippen LogP contribution >= 0.6 is 11.6 Å². The van der Waals surface area contributed by atoms with Gasteiger partial charge in [0, 0.05) is 13.1 Å². The van der Waals surface area contributed by atoms with E-state index in [1.165, 1.54) is 6.33 Å². The van der Waals surface area contributed by atoms with Crippen molar-refractivity contribution in [2.45, 2.75) is 25.3 Å². The number of halogens is 1. The van der Waals surface area contributed by atoms with Crippen LogP contribution in [0.15, 0.2) is 11.1 Å². The smallest absolute Gasteiger partial charge is 0.271 e. The van der Waals surface area contributed by atoms with Crippen molar-refractivity contribution in [3.8, 4) is 0 Å². The van der Waals surface area contributed by atoms with Crippen LogP contribution in [0.5, 0.6) is 0 Å². The Labute approximate surface area is 98.6 Å². The average Bonchev–Trinajstić information content (AvgIpc) is 2.19. The van der Waals surface area contributed by atoms with Crippen LogP contribution in [-0.2, 0) is 0 Å². The van der Waals surface area contributed by atoms with Gasteiger partial charge in [-0.3, -0.25) is 4.79 Å². The molecule has 1 saturated heterocycles. The summed E-state index contributed by atoms with van der Waals surface area (Å²) in [5.74, 6) is 0.530. The normalized spacial score (nSPS) is 18.3. The predicted octanol–water partition coefficient (Wildman–Crippen LogP) is 0.741. The molecule has 1 aliphatic heterocycles. The minimum absolute atomic E-state index is 0.140. The zero-order valence-corrected chi connectivity index (χ0v) is 9.92. The van der Waals surface area contributed by atoms with E-state index in [0.29, 0.717) is 18.9 Å². The maximum Gasteiger partial charge on any atom is 0.271 e. The minimum Gasteiger partial charge on any atom is -0.351 e. The summed E-state index contributed by atoms with van der Waals surface area (Å²) in [5.41, 5.74) is 5.67. The van der Waals surface area contributed by atoms with Crippen molar-refractivity contribution in [1.29, 1.82) is 0 Å². The van der Waals surface area contributed by atoms with Gasteiger partial charge in [0.15, 0.2) is 5.82 Å². The van der Waals surface area contributed by atoms with Crippen LogP contribution in [0.2, 0.25) is 5.02 Å². The number of hydrogen-bond acceptors (Lipinski definition) is 4. The Hall–Kier alpha value is -1.07. The fourth-order valence-corrected chi connectivity index (χ4v) is 2.34. The first-order valence-corrected chi connectivity index (χ1v) is 5.70. The molecule has 2 heterocycles. The highest BCUT2D eigenvalue weighted by Gasteiger charge is 2.40. The van der Waals surface area contributed by atoms with Gasteiger partial charge in [-0.05, 0) is 6.42 Å². The largest absolute Gasteiger partial charge is 0.351 e. The minimum atomic E-state index is -0.309. The SMILES string of the molecule is CCCC1(N)CN(c2nc[nH]c(=O)c2Cl)C1. The van der Waals surface area contributed by atoms with Crippen LogP contribution in [-0.4, -0.2) is 28.6 Å². The Morgan fingerprint density at radius 1 is 1.69 bits per heavy atom. The number of hydrogen-bond donors (Lipinski definition) is 2. The van der Waals surface area contributed by atoms with Gasteiger partial charge >= 0.3 is 0 Å². The second-order valence-electron chi connectivity index (χ2n) is 4.34. The van der Waals surface area contributed by atoms with Gasteiger partial charge in [0.2, 0.25) is 0 Å². The van der Waals surface area contributed by atoms with Gasteiger partial charge < -0.3 is 15.6 Å². The highest BCUT2D eigenvalue weighted by Crippen LogP contribution is 2.30. The molecule has 3 N–H and O–H groups in total. The number of aromatic nitrogens is 2. The van der Waals surface area contributed by atoms with Crippen molar-refractivity contribution in [2.75, 3.05) is 18.0 Å². The monoisotopic (exact) mass is 242 g/mol. The van der Waals surface area contributed by atoms with E-state index in [0.717, 1.165) is 12.8 Å². The summed E-state index contributed by atoms with van der Waals surface area (Å²) < 4.78 is 0. The van der Waals surface area contributed by atoms with Gasteiger partial charge in [0.05, 0.1) is 11.9 Å². The van der Waals surface area contributed by atoms with Crippen molar-refractivity contribution in [3.05, 3.63) is 21.7 Å². The summed E-state index contributed by atoms with van der Waals surface area (Å²) in [6.07, 6.45) is 3.39. The second kappa shape index (κ2) is 4.07. The van der Waals surface area contributed by atoms with E-state index in [1.807, 2.05) is 4.90 Å². The van der Waals surface area contributed by atoms with Gasteiger partial charge in [-0.25, -0.2) is 4.98 Å². The molecular weight excluding hydrogens is 228 g/mol. The molecule has 2 rings (SSSR count). The molecule has 1 aliphatic rings. The van der Waals surface area contributed by atoms with E-state index in [4.69, 9.17) is 17.3 Å². The number of anilines is 1. The van der Waals surface area contributed by atoms with Crippen molar-refractivity contribution in [3.63, 3.8) is 0 Å². The standard InChI is InChI=1S/C10H15ClN4O/c1-2-3-10(12)4-15(5-10)8-7(11)9(16)14-6-13-8/h6H,2-5,12H2,1H3,(H,13,14,16). The third-order valence-electron chi connectivity index (χ3n) is 2.84. The van der Waals surface area contributed by atoms with Crippen LogP contribution in [0.1, 0.15) is 19.8 Å². The molecule has 88 valence electrons. The molecule has 0 saturated carbocycles. The summed E-state index contributed by atoms with van der Waals surface area (Å²) in [7, 11) is 0. The van der Waals surface area contributed by atoms with E-state index in [-0.39, 0.29) is 16.1 Å². The van der Waals surface area contributed by atoms with Gasteiger partial charge in [-0.1, -0.05) is 24.9 Å². The van der Waals surface area contributed by atoms with Crippen LogP contribution in [0, 0.1) is 0 Å². The molecule has 0 unspecified atom stereocenters. The van der Waals surface area contributed by atoms with Crippen LogP contribution in [0.3, 0.4) is 0 Å². The molecule has 1 aromatic heterocycles. The Morgan fingerprint density at radius 3 is 3.00 bits per heavy atom. The zero-order chi connectivity index (χ0) is 11.8. The van der Waals surface area contributed by atoms with Crippen LogP contribution in [0.25, 0.3) is 0 Å². The second-order valence-corrected chi connectivity index (χ2v) is 4.72. The molecule has 0 spiro atoms. The number of nitrogens with two attached hydrogens (primary N) is 1. The van der Waals surface area contributed by atoms with Crippen LogP contribution < -0.4 is 16.2 Å². The predicted molar refractivity (Wildman–Crippen MR) is 63.9 cm³/mol. The Morgan fingerprint density at radius 2 is 2.38 bits per heavy atom. The number of nitrogens with zero attached hydrogens (tertiary/aromatic N) is 2. The lowest BCUT2D eigenvalue weighted by atomic mass is 9.86. The first-order chi connectivity index (χ1) is 7.56. The highest BCUT2D eigenvalue weighted by atomic mass is 35.5. The topological polar surface area (TPSA) is 75.0 Å². The lowest BCUT2D eigenvalue weighted by Crippen LogP contribution is -2.67. The van der Waals surface area contributed by atoms with E-state index in [2.05, 4.69) is 16.9 Å². The number of rotatable bonds is 3. The summed E-state index contributed by atoms with van der Waals surface area (Å²) in [5, 5.41) is 0.140. The molecule has 0 aliphatic carbocycles. The van der Waals surface area contributed by atoms with E-state index in [1.54, 1.807) is 0 Å². The van der Waals surface area contributed by atoms with Gasteiger partial charge in [0.1, 0.15) is 5.02 Å². The Kier molecular flexibility index (Phi) is 2.90. The molecule has 5 nitrogen and oxygen atoms in total. The first-order valence-electron chi connectivity index (χ1n) is 5.33. The highest BCUT2D eigenvalue weighted by molar-refractivity contribution is 6.32. The van der Waals surface area contributed by atoms with Crippen molar-refractivity contribution in [1.82, 2.24) is 9.97 Å².